The van der Waals surface area contributed by atoms with Crippen molar-refractivity contribution in [3.05, 3.63) is 23.9 Å². The number of pyridine rings is 1. The third-order valence-electron chi connectivity index (χ3n) is 4.46. The fourth-order valence-electron chi connectivity index (χ4n) is 3.07. The summed E-state index contributed by atoms with van der Waals surface area (Å²) in [6.07, 6.45) is 6.74. The first kappa shape index (κ1) is 24.9. The lowest BCUT2D eigenvalue weighted by atomic mass is 10.1. The maximum Gasteiger partial charge on any atom is 0.191 e. The predicted octanol–water partition coefficient (Wildman–Crippen LogP) is 3.81. The minimum Gasteiger partial charge on any atom is -0.381 e. The van der Waals surface area contributed by atoms with E-state index in [1.165, 1.54) is 24.8 Å². The summed E-state index contributed by atoms with van der Waals surface area (Å²) in [4.78, 5) is 11.7. The zero-order chi connectivity index (χ0) is 19.3. The number of piperidine rings is 1. The Balaban J connectivity index is 0.00000392. The summed E-state index contributed by atoms with van der Waals surface area (Å²) in [6, 6.07) is 4.23. The van der Waals surface area contributed by atoms with E-state index in [4.69, 9.17) is 9.73 Å². The van der Waals surface area contributed by atoms with Gasteiger partial charge in [0.1, 0.15) is 5.82 Å². The van der Waals surface area contributed by atoms with Crippen LogP contribution < -0.4 is 15.5 Å². The average Bonchev–Trinajstić information content (AvgIpc) is 2.69. The Kier molecular flexibility index (Phi) is 13.2. The van der Waals surface area contributed by atoms with Crippen molar-refractivity contribution in [1.29, 1.82) is 0 Å². The molecule has 160 valence electrons. The van der Waals surface area contributed by atoms with Crippen molar-refractivity contribution in [1.82, 2.24) is 15.6 Å². The standard InChI is InChI=1S/C21H37N5O.HI/c1-4-22-21(24-10-8-14-27-17-18(2)3)25-16-19-9-11-23-20(15-19)26-12-6-5-7-13-26;/h9,11,15,18H,4-8,10,12-14,16-17H2,1-3H3,(H2,22,24,25);1H. The van der Waals surface area contributed by atoms with Gasteiger partial charge in [-0.05, 0) is 56.2 Å². The van der Waals surface area contributed by atoms with Gasteiger partial charge >= 0.3 is 0 Å². The molecule has 0 unspecified atom stereocenters. The van der Waals surface area contributed by atoms with Gasteiger partial charge in [0, 0.05) is 45.6 Å². The fourth-order valence-corrected chi connectivity index (χ4v) is 3.07. The van der Waals surface area contributed by atoms with Crippen molar-refractivity contribution in [2.45, 2.75) is 53.0 Å². The first-order valence-electron chi connectivity index (χ1n) is 10.5. The molecule has 0 radical (unpaired) electrons. The van der Waals surface area contributed by atoms with E-state index in [0.29, 0.717) is 12.5 Å². The van der Waals surface area contributed by atoms with Crippen LogP contribution in [0.25, 0.3) is 0 Å². The maximum absolute atomic E-state index is 5.63. The Morgan fingerprint density at radius 2 is 2.04 bits per heavy atom. The number of nitrogens with one attached hydrogen (secondary N) is 2. The van der Waals surface area contributed by atoms with Crippen molar-refractivity contribution in [3.63, 3.8) is 0 Å². The first-order chi connectivity index (χ1) is 13.2. The normalized spacial score (nSPS) is 14.7. The molecule has 2 heterocycles. The second-order valence-electron chi connectivity index (χ2n) is 7.51. The van der Waals surface area contributed by atoms with Crippen molar-refractivity contribution in [3.8, 4) is 0 Å². The van der Waals surface area contributed by atoms with Gasteiger partial charge in [-0.25, -0.2) is 9.98 Å². The van der Waals surface area contributed by atoms with Crippen LogP contribution in [0.1, 0.15) is 52.0 Å². The van der Waals surface area contributed by atoms with Gasteiger partial charge in [0.2, 0.25) is 0 Å². The van der Waals surface area contributed by atoms with E-state index in [2.05, 4.69) is 53.4 Å². The third kappa shape index (κ3) is 9.91. The van der Waals surface area contributed by atoms with E-state index in [1.54, 1.807) is 0 Å². The molecule has 2 N–H and O–H groups in total. The molecular weight excluding hydrogens is 465 g/mol. The molecule has 0 aromatic carbocycles. The van der Waals surface area contributed by atoms with Crippen LogP contribution in [0.3, 0.4) is 0 Å². The Morgan fingerprint density at radius 3 is 2.75 bits per heavy atom. The van der Waals surface area contributed by atoms with Crippen LogP contribution in [-0.4, -0.2) is 50.3 Å². The Hall–Kier alpha value is -1.09. The third-order valence-corrected chi connectivity index (χ3v) is 4.46. The number of ether oxygens (including phenoxy) is 1. The molecule has 6 nitrogen and oxygen atoms in total. The number of guanidine groups is 1. The zero-order valence-electron chi connectivity index (χ0n) is 17.7. The van der Waals surface area contributed by atoms with Crippen LogP contribution in [0, 0.1) is 5.92 Å². The topological polar surface area (TPSA) is 61.8 Å². The Labute approximate surface area is 187 Å². The van der Waals surface area contributed by atoms with E-state index in [1.807, 2.05) is 6.20 Å². The molecule has 1 saturated heterocycles. The number of nitrogens with zero attached hydrogens (tertiary/aromatic N) is 3. The number of anilines is 1. The minimum absolute atomic E-state index is 0. The molecule has 28 heavy (non-hydrogen) atoms. The Bertz CT molecular complexity index is 561. The number of hydrogen-bond donors (Lipinski definition) is 2. The van der Waals surface area contributed by atoms with E-state index in [-0.39, 0.29) is 24.0 Å². The molecule has 1 aromatic heterocycles. The summed E-state index contributed by atoms with van der Waals surface area (Å²) in [5.74, 6) is 2.53. The van der Waals surface area contributed by atoms with Gasteiger partial charge in [-0.15, -0.1) is 24.0 Å². The SMILES string of the molecule is CCNC(=NCc1ccnc(N2CCCCC2)c1)NCCCOCC(C)C.I. The number of aromatic nitrogens is 1. The highest BCUT2D eigenvalue weighted by Gasteiger charge is 2.12. The van der Waals surface area contributed by atoms with E-state index < -0.39 is 0 Å². The molecule has 0 atom stereocenters. The average molecular weight is 503 g/mol. The monoisotopic (exact) mass is 503 g/mol. The summed E-state index contributed by atoms with van der Waals surface area (Å²) in [6.45, 7) is 12.6. The summed E-state index contributed by atoms with van der Waals surface area (Å²) in [5, 5.41) is 6.70. The molecule has 0 aliphatic carbocycles. The molecule has 1 fully saturated rings. The summed E-state index contributed by atoms with van der Waals surface area (Å²) < 4.78 is 5.63. The highest BCUT2D eigenvalue weighted by molar-refractivity contribution is 14.0. The lowest BCUT2D eigenvalue weighted by Crippen LogP contribution is -2.38. The minimum atomic E-state index is 0. The molecule has 1 aliphatic rings. The smallest absolute Gasteiger partial charge is 0.191 e. The van der Waals surface area contributed by atoms with Gasteiger partial charge in [-0.3, -0.25) is 0 Å². The van der Waals surface area contributed by atoms with Gasteiger partial charge in [0.25, 0.3) is 0 Å². The summed E-state index contributed by atoms with van der Waals surface area (Å²) in [5.41, 5.74) is 1.20. The van der Waals surface area contributed by atoms with Crippen LogP contribution >= 0.6 is 24.0 Å². The molecule has 7 heteroatoms. The largest absolute Gasteiger partial charge is 0.381 e. The second kappa shape index (κ2) is 14.8. The van der Waals surface area contributed by atoms with Gasteiger partial charge in [-0.1, -0.05) is 13.8 Å². The maximum atomic E-state index is 5.63. The first-order valence-corrected chi connectivity index (χ1v) is 10.5. The van der Waals surface area contributed by atoms with Gasteiger partial charge in [-0.2, -0.15) is 0 Å². The molecule has 2 rings (SSSR count). The van der Waals surface area contributed by atoms with E-state index in [9.17, 15) is 0 Å². The highest BCUT2D eigenvalue weighted by atomic mass is 127. The predicted molar refractivity (Wildman–Crippen MR) is 129 cm³/mol. The van der Waals surface area contributed by atoms with Crippen LogP contribution in [0.15, 0.2) is 23.3 Å². The van der Waals surface area contributed by atoms with Crippen molar-refractivity contribution in [2.24, 2.45) is 10.9 Å². The highest BCUT2D eigenvalue weighted by Crippen LogP contribution is 2.18. The Morgan fingerprint density at radius 1 is 1.25 bits per heavy atom. The van der Waals surface area contributed by atoms with Crippen LogP contribution in [0.2, 0.25) is 0 Å². The lowest BCUT2D eigenvalue weighted by molar-refractivity contribution is 0.108. The zero-order valence-corrected chi connectivity index (χ0v) is 20.1. The van der Waals surface area contributed by atoms with E-state index >= 15 is 0 Å². The van der Waals surface area contributed by atoms with Crippen LogP contribution in [-0.2, 0) is 11.3 Å². The van der Waals surface area contributed by atoms with Gasteiger partial charge in [0.05, 0.1) is 6.54 Å². The van der Waals surface area contributed by atoms with Crippen molar-refractivity contribution >= 4 is 35.8 Å². The summed E-state index contributed by atoms with van der Waals surface area (Å²) in [7, 11) is 0. The quantitative estimate of drug-likeness (QED) is 0.220. The molecule has 0 bridgehead atoms. The van der Waals surface area contributed by atoms with Gasteiger partial charge < -0.3 is 20.3 Å². The molecule has 0 spiro atoms. The second-order valence-corrected chi connectivity index (χ2v) is 7.51. The number of hydrogen-bond acceptors (Lipinski definition) is 4. The van der Waals surface area contributed by atoms with Crippen LogP contribution in [0.5, 0.6) is 0 Å². The lowest BCUT2D eigenvalue weighted by Gasteiger charge is -2.27. The molecule has 1 aromatic rings. The number of rotatable bonds is 10. The summed E-state index contributed by atoms with van der Waals surface area (Å²) >= 11 is 0. The van der Waals surface area contributed by atoms with Gasteiger partial charge in [0.15, 0.2) is 5.96 Å². The van der Waals surface area contributed by atoms with Crippen molar-refractivity contribution < 1.29 is 4.74 Å². The number of halogens is 1. The molecule has 0 saturated carbocycles. The van der Waals surface area contributed by atoms with E-state index in [0.717, 1.165) is 57.6 Å². The van der Waals surface area contributed by atoms with Crippen LogP contribution in [0.4, 0.5) is 5.82 Å². The molecule has 0 amide bonds. The number of aliphatic imine (C=N–C) groups is 1. The fraction of sp³-hybridized carbons (Fsp3) is 0.714. The molecule has 1 aliphatic heterocycles. The van der Waals surface area contributed by atoms with Crippen molar-refractivity contribution in [2.75, 3.05) is 44.3 Å². The molecular formula is C21H38IN5O.